The number of benzene rings is 1. The Bertz CT molecular complexity index is 478. The largest absolute Gasteiger partial charge is 0.546 e. The summed E-state index contributed by atoms with van der Waals surface area (Å²) in [5.74, 6) is -1.56. The average Bonchev–Trinajstić information content (AvgIpc) is 2.33. The Hall–Kier alpha value is -1.93. The van der Waals surface area contributed by atoms with Gasteiger partial charge in [-0.05, 0) is 30.7 Å². The highest BCUT2D eigenvalue weighted by Crippen LogP contribution is 2.21. The molecule has 1 aromatic rings. The number of carbonyl (C=O) groups is 1. The molecule has 1 rings (SSSR count). The van der Waals surface area contributed by atoms with Gasteiger partial charge in [0.25, 0.3) is 0 Å². The van der Waals surface area contributed by atoms with Crippen molar-refractivity contribution in [2.75, 3.05) is 0 Å². The van der Waals surface area contributed by atoms with Crippen molar-refractivity contribution < 1.29 is 9.90 Å². The third-order valence-electron chi connectivity index (χ3n) is 2.20. The second kappa shape index (κ2) is 5.41. The van der Waals surface area contributed by atoms with Crippen LogP contribution in [0, 0.1) is 11.3 Å². The highest BCUT2D eigenvalue weighted by atomic mass is 35.5. The minimum atomic E-state index is -1.93. The zero-order chi connectivity index (χ0) is 12.9. The van der Waals surface area contributed by atoms with Crippen molar-refractivity contribution in [3.05, 3.63) is 29.3 Å². The summed E-state index contributed by atoms with van der Waals surface area (Å²) < 4.78 is 0. The van der Waals surface area contributed by atoms with Gasteiger partial charge in [0.1, 0.15) is 6.07 Å². The number of halogens is 1. The van der Waals surface area contributed by atoms with E-state index < -0.39 is 11.5 Å². The topological polar surface area (TPSA) is 88.6 Å². The van der Waals surface area contributed by atoms with E-state index >= 15 is 0 Å². The molecule has 0 aliphatic rings. The Morgan fingerprint density at radius 3 is 2.53 bits per heavy atom. The lowest BCUT2D eigenvalue weighted by atomic mass is 10.0. The van der Waals surface area contributed by atoms with E-state index in [1.54, 1.807) is 30.3 Å². The molecule has 0 bridgehead atoms. The van der Waals surface area contributed by atoms with Gasteiger partial charge >= 0.3 is 0 Å². The number of carboxylic acid groups (broad SMARTS) is 1. The lowest BCUT2D eigenvalue weighted by molar-refractivity contribution is -0.310. The van der Waals surface area contributed by atoms with Gasteiger partial charge in [-0.3, -0.25) is 0 Å². The van der Waals surface area contributed by atoms with Gasteiger partial charge in [0.2, 0.25) is 5.54 Å². The van der Waals surface area contributed by atoms with Crippen LogP contribution in [0.1, 0.15) is 13.3 Å². The Kier molecular flexibility index (Phi) is 4.18. The molecule has 1 atom stereocenters. The van der Waals surface area contributed by atoms with Gasteiger partial charge in [-0.2, -0.15) is 15.5 Å². The molecule has 1 aromatic carbocycles. The van der Waals surface area contributed by atoms with E-state index in [2.05, 4.69) is 10.2 Å². The number of carbonyl (C=O) groups excluding carboxylic acids is 1. The molecule has 0 saturated carbocycles. The molecule has 0 spiro atoms. The first-order valence-corrected chi connectivity index (χ1v) is 5.23. The monoisotopic (exact) mass is 250 g/mol. The third-order valence-corrected chi connectivity index (χ3v) is 2.45. The van der Waals surface area contributed by atoms with Crippen LogP contribution in [0.4, 0.5) is 5.69 Å². The summed E-state index contributed by atoms with van der Waals surface area (Å²) in [5, 5.41) is 27.5. The van der Waals surface area contributed by atoms with E-state index in [0.29, 0.717) is 10.7 Å². The number of aliphatic carboxylic acids is 1. The van der Waals surface area contributed by atoms with E-state index in [9.17, 15) is 9.90 Å². The number of hydrogen-bond acceptors (Lipinski definition) is 5. The molecular formula is C11H9ClN3O2-. The van der Waals surface area contributed by atoms with Crippen LogP contribution in [0.3, 0.4) is 0 Å². The molecule has 0 amide bonds. The van der Waals surface area contributed by atoms with Crippen LogP contribution in [-0.4, -0.2) is 11.5 Å². The summed E-state index contributed by atoms with van der Waals surface area (Å²) in [4.78, 5) is 10.9. The van der Waals surface area contributed by atoms with Crippen LogP contribution in [0.5, 0.6) is 0 Å². The Labute approximate surface area is 103 Å². The SMILES string of the molecule is CCC(C#N)(N=Nc1ccc(Cl)cc1)C(=O)[O-]. The van der Waals surface area contributed by atoms with Gasteiger partial charge in [-0.1, -0.05) is 18.5 Å². The first-order chi connectivity index (χ1) is 8.04. The van der Waals surface area contributed by atoms with Gasteiger partial charge in [0.15, 0.2) is 0 Å². The van der Waals surface area contributed by atoms with Gasteiger partial charge in [-0.25, -0.2) is 0 Å². The number of azo groups is 1. The van der Waals surface area contributed by atoms with Crippen molar-refractivity contribution in [3.63, 3.8) is 0 Å². The normalized spacial score (nSPS) is 14.2. The van der Waals surface area contributed by atoms with E-state index in [4.69, 9.17) is 16.9 Å². The second-order valence-corrected chi connectivity index (χ2v) is 3.73. The minimum absolute atomic E-state index is 0.0110. The maximum atomic E-state index is 10.9. The van der Waals surface area contributed by atoms with E-state index in [-0.39, 0.29) is 6.42 Å². The molecule has 5 nitrogen and oxygen atoms in total. The second-order valence-electron chi connectivity index (χ2n) is 3.29. The van der Waals surface area contributed by atoms with Crippen molar-refractivity contribution in [2.45, 2.75) is 18.9 Å². The standard InChI is InChI=1S/C11H10ClN3O2/c1-2-11(7-13,10(16)17)15-14-9-5-3-8(12)4-6-9/h3-6H,2H2,1H3,(H,16,17)/p-1. The van der Waals surface area contributed by atoms with Crippen molar-refractivity contribution in [3.8, 4) is 6.07 Å². The van der Waals surface area contributed by atoms with Gasteiger partial charge in [0.05, 0.1) is 11.7 Å². The maximum Gasteiger partial charge on any atom is 0.206 e. The van der Waals surface area contributed by atoms with Gasteiger partial charge in [-0.15, -0.1) is 0 Å². The molecule has 17 heavy (non-hydrogen) atoms. The summed E-state index contributed by atoms with van der Waals surface area (Å²) in [6, 6.07) is 7.92. The summed E-state index contributed by atoms with van der Waals surface area (Å²) in [5.41, 5.74) is -1.51. The van der Waals surface area contributed by atoms with Crippen LogP contribution >= 0.6 is 11.6 Å². The summed E-state index contributed by atoms with van der Waals surface area (Å²) in [6.45, 7) is 1.53. The third kappa shape index (κ3) is 3.02. The smallest absolute Gasteiger partial charge is 0.206 e. The van der Waals surface area contributed by atoms with Crippen molar-refractivity contribution >= 4 is 23.3 Å². The fourth-order valence-electron chi connectivity index (χ4n) is 1.05. The molecule has 0 radical (unpaired) electrons. The lowest BCUT2D eigenvalue weighted by Gasteiger charge is -2.19. The van der Waals surface area contributed by atoms with Crippen molar-refractivity contribution in [1.82, 2.24) is 0 Å². The molecular weight excluding hydrogens is 242 g/mol. The predicted molar refractivity (Wildman–Crippen MR) is 59.6 cm³/mol. The summed E-state index contributed by atoms with van der Waals surface area (Å²) in [6.07, 6.45) is -0.0110. The highest BCUT2D eigenvalue weighted by Gasteiger charge is 2.29. The molecule has 1 unspecified atom stereocenters. The average molecular weight is 251 g/mol. The zero-order valence-corrected chi connectivity index (χ0v) is 9.81. The van der Waals surface area contributed by atoms with Crippen LogP contribution in [0.15, 0.2) is 34.5 Å². The fraction of sp³-hybridized carbons (Fsp3) is 0.273. The number of nitrogens with zero attached hydrogens (tertiary/aromatic N) is 3. The van der Waals surface area contributed by atoms with Crippen LogP contribution in [0.25, 0.3) is 0 Å². The number of rotatable bonds is 4. The number of carboxylic acids is 1. The zero-order valence-electron chi connectivity index (χ0n) is 9.05. The molecule has 0 aliphatic heterocycles. The van der Waals surface area contributed by atoms with E-state index in [0.717, 1.165) is 0 Å². The molecule has 0 saturated heterocycles. The molecule has 0 heterocycles. The van der Waals surface area contributed by atoms with Crippen LogP contribution in [-0.2, 0) is 4.79 Å². The quantitative estimate of drug-likeness (QED) is 0.764. The maximum absolute atomic E-state index is 10.9. The molecule has 0 aliphatic carbocycles. The Morgan fingerprint density at radius 1 is 1.53 bits per heavy atom. The van der Waals surface area contributed by atoms with E-state index in [1.165, 1.54) is 6.92 Å². The molecule has 0 aromatic heterocycles. The molecule has 88 valence electrons. The Balaban J connectivity index is 2.99. The van der Waals surface area contributed by atoms with Crippen LogP contribution in [0.2, 0.25) is 5.02 Å². The summed E-state index contributed by atoms with van der Waals surface area (Å²) in [7, 11) is 0. The molecule has 6 heteroatoms. The predicted octanol–water partition coefficient (Wildman–Crippen LogP) is 1.85. The van der Waals surface area contributed by atoms with Gasteiger partial charge in [0, 0.05) is 5.02 Å². The van der Waals surface area contributed by atoms with Crippen molar-refractivity contribution in [2.24, 2.45) is 10.2 Å². The summed E-state index contributed by atoms with van der Waals surface area (Å²) >= 11 is 5.68. The molecule has 0 N–H and O–H groups in total. The van der Waals surface area contributed by atoms with Crippen molar-refractivity contribution in [1.29, 1.82) is 5.26 Å². The van der Waals surface area contributed by atoms with Gasteiger partial charge < -0.3 is 9.90 Å². The Morgan fingerprint density at radius 2 is 2.12 bits per heavy atom. The first-order valence-electron chi connectivity index (χ1n) is 4.85. The fourth-order valence-corrected chi connectivity index (χ4v) is 1.18. The van der Waals surface area contributed by atoms with Crippen LogP contribution < -0.4 is 5.11 Å². The number of hydrogen-bond donors (Lipinski definition) is 0. The number of nitriles is 1. The first kappa shape index (κ1) is 13.1. The van der Waals surface area contributed by atoms with E-state index in [1.807, 2.05) is 0 Å². The highest BCUT2D eigenvalue weighted by molar-refractivity contribution is 6.30. The molecule has 0 fully saturated rings. The lowest BCUT2D eigenvalue weighted by Crippen LogP contribution is -2.45. The minimum Gasteiger partial charge on any atom is -0.546 e.